The third-order valence-corrected chi connectivity index (χ3v) is 4.79. The molecule has 2 aromatic rings. The summed E-state index contributed by atoms with van der Waals surface area (Å²) in [7, 11) is 0. The lowest BCUT2D eigenvalue weighted by Gasteiger charge is -2.27. The maximum Gasteiger partial charge on any atom is 0.259 e. The number of amides is 1. The van der Waals surface area contributed by atoms with Gasteiger partial charge in [0.1, 0.15) is 11.9 Å². The number of hydrogen-bond acceptors (Lipinski definition) is 3. The molecule has 0 saturated heterocycles. The quantitative estimate of drug-likeness (QED) is 0.307. The monoisotopic (exact) mass is 473 g/mol. The number of ether oxygens (including phenoxy) is 1. The summed E-state index contributed by atoms with van der Waals surface area (Å²) in [5, 5.41) is 8.55. The van der Waals surface area contributed by atoms with Gasteiger partial charge in [-0.1, -0.05) is 71.6 Å². The van der Waals surface area contributed by atoms with E-state index in [4.69, 9.17) is 51.8 Å². The third-order valence-electron chi connectivity index (χ3n) is 3.92. The molecule has 0 fully saturated rings. The normalized spacial score (nSPS) is 12.0. The molecular weight excluding hydrogens is 453 g/mol. The Morgan fingerprint density at radius 2 is 1.69 bits per heavy atom. The van der Waals surface area contributed by atoms with E-state index in [2.05, 4.69) is 22.9 Å². The highest BCUT2D eigenvalue weighted by Gasteiger charge is 2.34. The fourth-order valence-electron chi connectivity index (χ4n) is 2.31. The highest BCUT2D eigenvalue weighted by Crippen LogP contribution is 2.29. The summed E-state index contributed by atoms with van der Waals surface area (Å²) in [6.07, 6.45) is -0.134. The minimum atomic E-state index is -1.84. The molecule has 0 heterocycles. The summed E-state index contributed by atoms with van der Waals surface area (Å²) in [4.78, 5) is 12.3. The van der Waals surface area contributed by atoms with E-state index in [0.717, 1.165) is 17.7 Å². The van der Waals surface area contributed by atoms with E-state index in [1.54, 1.807) is 12.1 Å². The van der Waals surface area contributed by atoms with Crippen LogP contribution in [0.1, 0.15) is 18.1 Å². The van der Waals surface area contributed by atoms with Crippen molar-refractivity contribution in [1.82, 2.24) is 10.6 Å². The van der Waals surface area contributed by atoms with E-state index in [0.29, 0.717) is 5.75 Å². The Morgan fingerprint density at radius 1 is 1.07 bits per heavy atom. The van der Waals surface area contributed by atoms with Crippen LogP contribution in [0.2, 0.25) is 0 Å². The molecule has 0 aliphatic heterocycles. The van der Waals surface area contributed by atoms with Crippen molar-refractivity contribution < 1.29 is 9.53 Å². The maximum absolute atomic E-state index is 12.3. The second-order valence-corrected chi connectivity index (χ2v) is 9.07. The van der Waals surface area contributed by atoms with Gasteiger partial charge in [0.05, 0.1) is 0 Å². The number of carbonyl (C=O) groups excluding carboxylic acids is 1. The Morgan fingerprint density at radius 3 is 2.24 bits per heavy atom. The third kappa shape index (κ3) is 8.26. The Balaban J connectivity index is 1.90. The van der Waals surface area contributed by atoms with Crippen molar-refractivity contribution in [3.63, 3.8) is 0 Å². The van der Waals surface area contributed by atoms with E-state index in [1.165, 1.54) is 5.56 Å². The van der Waals surface area contributed by atoms with E-state index >= 15 is 0 Å². The van der Waals surface area contributed by atoms with Gasteiger partial charge in [-0.05, 0) is 55.4 Å². The second kappa shape index (κ2) is 10.9. The highest BCUT2D eigenvalue weighted by atomic mass is 35.6. The Kier molecular flexibility index (Phi) is 8.83. The molecule has 29 heavy (non-hydrogen) atoms. The number of thiocarbonyl (C=S) groups is 1. The van der Waals surface area contributed by atoms with Crippen molar-refractivity contribution >= 4 is 63.7 Å². The Labute approximate surface area is 191 Å². The zero-order valence-corrected chi connectivity index (χ0v) is 19.1. The zero-order chi connectivity index (χ0) is 21.4. The van der Waals surface area contributed by atoms with Gasteiger partial charge in [-0.3, -0.25) is 4.79 Å². The smallest absolute Gasteiger partial charge is 0.259 e. The summed E-state index contributed by atoms with van der Waals surface area (Å²) in [6.45, 7) is 3.81. The molecule has 1 amide bonds. The molecule has 0 aliphatic rings. The first-order valence-corrected chi connectivity index (χ1v) is 10.4. The molecule has 0 aromatic heterocycles. The lowest BCUT2D eigenvalue weighted by molar-refractivity contribution is -0.123. The number of carbonyl (C=O) groups is 1. The van der Waals surface area contributed by atoms with Gasteiger partial charge in [-0.2, -0.15) is 0 Å². The van der Waals surface area contributed by atoms with Crippen molar-refractivity contribution in [2.24, 2.45) is 0 Å². The minimum absolute atomic E-state index is 0.196. The van der Waals surface area contributed by atoms with Gasteiger partial charge in [0.15, 0.2) is 11.7 Å². The van der Waals surface area contributed by atoms with Gasteiger partial charge in [-0.25, -0.2) is 0 Å². The molecule has 1 atom stereocenters. The Bertz CT molecular complexity index is 824. The molecule has 2 aromatic carbocycles. The van der Waals surface area contributed by atoms with Crippen molar-refractivity contribution in [2.45, 2.75) is 30.2 Å². The predicted molar refractivity (Wildman–Crippen MR) is 124 cm³/mol. The number of halogens is 3. The zero-order valence-electron chi connectivity index (χ0n) is 16.0. The highest BCUT2D eigenvalue weighted by molar-refractivity contribution is 7.80. The number of nitrogens with one attached hydrogen (secondary N) is 3. The number of aryl methyl sites for hydroxylation is 2. The average molecular weight is 475 g/mol. The first kappa shape index (κ1) is 23.5. The van der Waals surface area contributed by atoms with Crippen LogP contribution in [0.25, 0.3) is 0 Å². The van der Waals surface area contributed by atoms with Crippen molar-refractivity contribution in [1.29, 1.82) is 0 Å². The van der Waals surface area contributed by atoms with Crippen molar-refractivity contribution in [3.8, 4) is 5.75 Å². The summed E-state index contributed by atoms with van der Waals surface area (Å²) < 4.78 is 3.64. The van der Waals surface area contributed by atoms with Crippen molar-refractivity contribution in [2.75, 3.05) is 11.9 Å². The van der Waals surface area contributed by atoms with Crippen molar-refractivity contribution in [3.05, 3.63) is 59.7 Å². The number of benzene rings is 2. The minimum Gasteiger partial charge on any atom is -0.484 e. The van der Waals surface area contributed by atoms with Crippen LogP contribution in [0.4, 0.5) is 5.69 Å². The van der Waals surface area contributed by atoms with Crippen LogP contribution >= 0.6 is 47.0 Å². The lowest BCUT2D eigenvalue weighted by Crippen LogP contribution is -2.56. The van der Waals surface area contributed by atoms with E-state index in [1.807, 2.05) is 43.3 Å². The molecule has 0 radical (unpaired) electrons. The second-order valence-electron chi connectivity index (χ2n) is 6.29. The predicted octanol–water partition coefficient (Wildman–Crippen LogP) is 4.74. The maximum atomic E-state index is 12.3. The molecule has 0 aliphatic carbocycles. The van der Waals surface area contributed by atoms with Crippen LogP contribution in [0.3, 0.4) is 0 Å². The number of alkyl halides is 3. The molecule has 0 saturated carbocycles. The fourth-order valence-corrected chi connectivity index (χ4v) is 2.87. The van der Waals surface area contributed by atoms with Gasteiger partial charge in [0.2, 0.25) is 3.79 Å². The molecule has 2 rings (SSSR count). The van der Waals surface area contributed by atoms with Crippen LogP contribution < -0.4 is 20.7 Å². The largest absolute Gasteiger partial charge is 0.484 e. The molecule has 156 valence electrons. The van der Waals surface area contributed by atoms with Crippen LogP contribution in [0.15, 0.2) is 48.5 Å². The first-order chi connectivity index (χ1) is 13.7. The summed E-state index contributed by atoms with van der Waals surface area (Å²) >= 11 is 23.2. The molecule has 0 spiro atoms. The molecule has 9 heteroatoms. The number of anilines is 1. The molecule has 1 unspecified atom stereocenters. The van der Waals surface area contributed by atoms with E-state index < -0.39 is 15.9 Å². The Hall–Kier alpha value is -1.73. The van der Waals surface area contributed by atoms with E-state index in [9.17, 15) is 4.79 Å². The standard InChI is InChI=1S/C20H22Cl3N3O2S/c1-3-14-6-10-16(11-7-14)28-12-17(27)25-18(20(21,22)23)26-19(29)24-15-8-4-13(2)5-9-15/h4-11,18H,3,12H2,1-2H3,(H,25,27)(H2,24,26,29). The van der Waals surface area contributed by atoms with Crippen LogP contribution in [-0.2, 0) is 11.2 Å². The SMILES string of the molecule is CCc1ccc(OCC(=O)NC(NC(=S)Nc2ccc(C)cc2)C(Cl)(Cl)Cl)cc1. The molecule has 5 nitrogen and oxygen atoms in total. The lowest BCUT2D eigenvalue weighted by atomic mass is 10.2. The molecule has 3 N–H and O–H groups in total. The molecule has 0 bridgehead atoms. The number of hydrogen-bond donors (Lipinski definition) is 3. The summed E-state index contributed by atoms with van der Waals surface area (Å²) in [6, 6.07) is 15.1. The number of rotatable bonds is 7. The van der Waals surface area contributed by atoms with Crippen LogP contribution in [0, 0.1) is 6.92 Å². The van der Waals surface area contributed by atoms with Gasteiger partial charge >= 0.3 is 0 Å². The summed E-state index contributed by atoms with van der Waals surface area (Å²) in [5.41, 5.74) is 3.06. The average Bonchev–Trinajstić information content (AvgIpc) is 2.67. The van der Waals surface area contributed by atoms with Gasteiger partial charge in [0.25, 0.3) is 5.91 Å². The van der Waals surface area contributed by atoms with Gasteiger partial charge < -0.3 is 20.7 Å². The summed E-state index contributed by atoms with van der Waals surface area (Å²) in [5.74, 6) is 0.110. The van der Waals surface area contributed by atoms with Gasteiger partial charge in [0, 0.05) is 5.69 Å². The van der Waals surface area contributed by atoms with Gasteiger partial charge in [-0.15, -0.1) is 0 Å². The molecular formula is C20H22Cl3N3O2S. The topological polar surface area (TPSA) is 62.4 Å². The van der Waals surface area contributed by atoms with E-state index in [-0.39, 0.29) is 11.7 Å². The fraction of sp³-hybridized carbons (Fsp3) is 0.300. The first-order valence-electron chi connectivity index (χ1n) is 8.89. The van der Waals surface area contributed by atoms with Crippen LogP contribution in [0.5, 0.6) is 5.75 Å². The van der Waals surface area contributed by atoms with Crippen LogP contribution in [-0.4, -0.2) is 27.6 Å².